The first-order valence-electron chi connectivity index (χ1n) is 9.56. The van der Waals surface area contributed by atoms with Crippen LogP contribution in [0.2, 0.25) is 5.02 Å². The van der Waals surface area contributed by atoms with Gasteiger partial charge < -0.3 is 15.1 Å². The van der Waals surface area contributed by atoms with Gasteiger partial charge in [0.25, 0.3) is 5.91 Å². The summed E-state index contributed by atoms with van der Waals surface area (Å²) in [6, 6.07) is 14.0. The Morgan fingerprint density at radius 3 is 2.61 bits per heavy atom. The fourth-order valence-corrected chi connectivity index (χ4v) is 3.64. The third-order valence-electron chi connectivity index (χ3n) is 5.08. The minimum atomic E-state index is -0.778. The lowest BCUT2D eigenvalue weighted by atomic mass is 10.1. The molecule has 2 atom stereocenters. The van der Waals surface area contributed by atoms with Gasteiger partial charge in [-0.3, -0.25) is 14.4 Å². The van der Waals surface area contributed by atoms with Crippen LogP contribution in [0.4, 0.5) is 10.1 Å². The van der Waals surface area contributed by atoms with E-state index in [4.69, 9.17) is 11.6 Å². The molecule has 1 heterocycles. The maximum atomic E-state index is 13.6. The highest BCUT2D eigenvalue weighted by Crippen LogP contribution is 2.25. The summed E-state index contributed by atoms with van der Waals surface area (Å²) in [4.78, 5) is 40.3. The number of hydrogen-bond acceptors (Lipinski definition) is 4. The SMILES string of the molecule is CN(CC(=O)N1CC(C(=O)Nc2ccccc2)CC1C#N)C(=O)c1cccc(F)c1Cl. The van der Waals surface area contributed by atoms with Crippen molar-refractivity contribution in [3.8, 4) is 6.07 Å². The third kappa shape index (κ3) is 5.01. The quantitative estimate of drug-likeness (QED) is 0.770. The molecule has 9 heteroatoms. The summed E-state index contributed by atoms with van der Waals surface area (Å²) in [7, 11) is 1.39. The lowest BCUT2D eigenvalue weighted by Crippen LogP contribution is -2.43. The summed E-state index contributed by atoms with van der Waals surface area (Å²) in [6.45, 7) is -0.268. The van der Waals surface area contributed by atoms with E-state index in [-0.39, 0.29) is 36.0 Å². The summed E-state index contributed by atoms with van der Waals surface area (Å²) in [5.74, 6) is -2.66. The smallest absolute Gasteiger partial charge is 0.255 e. The van der Waals surface area contributed by atoms with Gasteiger partial charge in [0.15, 0.2) is 0 Å². The monoisotopic (exact) mass is 442 g/mol. The van der Waals surface area contributed by atoms with Crippen LogP contribution >= 0.6 is 11.6 Å². The van der Waals surface area contributed by atoms with Gasteiger partial charge in [-0.25, -0.2) is 4.39 Å². The van der Waals surface area contributed by atoms with E-state index in [9.17, 15) is 24.0 Å². The molecule has 0 saturated carbocycles. The first-order valence-corrected chi connectivity index (χ1v) is 9.94. The molecule has 3 rings (SSSR count). The van der Waals surface area contributed by atoms with E-state index >= 15 is 0 Å². The van der Waals surface area contributed by atoms with Crippen LogP contribution in [0.15, 0.2) is 48.5 Å². The fraction of sp³-hybridized carbons (Fsp3) is 0.273. The summed E-state index contributed by atoms with van der Waals surface area (Å²) >= 11 is 5.86. The lowest BCUT2D eigenvalue weighted by molar-refractivity contribution is -0.131. The Morgan fingerprint density at radius 1 is 1.23 bits per heavy atom. The first-order chi connectivity index (χ1) is 14.8. The number of nitriles is 1. The number of rotatable bonds is 5. The Bertz CT molecular complexity index is 1040. The van der Waals surface area contributed by atoms with Gasteiger partial charge in [0.2, 0.25) is 11.8 Å². The number of nitrogens with one attached hydrogen (secondary N) is 1. The third-order valence-corrected chi connectivity index (χ3v) is 5.47. The number of anilines is 1. The molecule has 160 valence electrons. The van der Waals surface area contributed by atoms with Gasteiger partial charge in [0.05, 0.1) is 29.1 Å². The summed E-state index contributed by atoms with van der Waals surface area (Å²) in [5, 5.41) is 11.9. The van der Waals surface area contributed by atoms with Gasteiger partial charge in [0.1, 0.15) is 11.9 Å². The van der Waals surface area contributed by atoms with E-state index < -0.39 is 29.6 Å². The molecular weight excluding hydrogens is 423 g/mol. The molecule has 3 amide bonds. The average Bonchev–Trinajstić information content (AvgIpc) is 3.21. The molecule has 1 saturated heterocycles. The molecular formula is C22H20ClFN4O3. The largest absolute Gasteiger partial charge is 0.332 e. The number of para-hydroxylation sites is 1. The van der Waals surface area contributed by atoms with Crippen LogP contribution in [0.5, 0.6) is 0 Å². The molecule has 0 bridgehead atoms. The fourth-order valence-electron chi connectivity index (χ4n) is 3.43. The molecule has 31 heavy (non-hydrogen) atoms. The molecule has 2 aromatic carbocycles. The van der Waals surface area contributed by atoms with Gasteiger partial charge >= 0.3 is 0 Å². The normalized spacial score (nSPS) is 17.7. The maximum absolute atomic E-state index is 13.6. The van der Waals surface area contributed by atoms with Crippen molar-refractivity contribution in [3.05, 3.63) is 64.9 Å². The van der Waals surface area contributed by atoms with E-state index in [1.807, 2.05) is 12.1 Å². The Kier molecular flexibility index (Phi) is 6.88. The van der Waals surface area contributed by atoms with Crippen LogP contribution in [0, 0.1) is 23.1 Å². The molecule has 1 aliphatic rings. The van der Waals surface area contributed by atoms with Crippen molar-refractivity contribution in [2.75, 3.05) is 25.5 Å². The van der Waals surface area contributed by atoms with Crippen molar-refractivity contribution >= 4 is 35.0 Å². The van der Waals surface area contributed by atoms with E-state index in [0.717, 1.165) is 11.0 Å². The van der Waals surface area contributed by atoms with E-state index in [2.05, 4.69) is 5.32 Å². The van der Waals surface area contributed by atoms with Crippen molar-refractivity contribution < 1.29 is 18.8 Å². The molecule has 0 aromatic heterocycles. The van der Waals surface area contributed by atoms with Crippen molar-refractivity contribution in [2.45, 2.75) is 12.5 Å². The second-order valence-corrected chi connectivity index (χ2v) is 7.62. The highest BCUT2D eigenvalue weighted by molar-refractivity contribution is 6.34. The lowest BCUT2D eigenvalue weighted by Gasteiger charge is -2.24. The van der Waals surface area contributed by atoms with E-state index in [1.54, 1.807) is 24.3 Å². The molecule has 1 aliphatic heterocycles. The molecule has 0 spiro atoms. The number of likely N-dealkylation sites (N-methyl/N-ethyl adjacent to an activating group) is 1. The van der Waals surface area contributed by atoms with Crippen LogP contribution in [0.1, 0.15) is 16.8 Å². The highest BCUT2D eigenvalue weighted by Gasteiger charge is 2.39. The van der Waals surface area contributed by atoms with Crippen LogP contribution in [0.25, 0.3) is 0 Å². The number of carbonyl (C=O) groups excluding carboxylic acids is 3. The number of likely N-dealkylation sites (tertiary alicyclic amines) is 1. The zero-order chi connectivity index (χ0) is 22.5. The zero-order valence-corrected chi connectivity index (χ0v) is 17.5. The second kappa shape index (κ2) is 9.58. The zero-order valence-electron chi connectivity index (χ0n) is 16.7. The summed E-state index contributed by atoms with van der Waals surface area (Å²) < 4.78 is 13.6. The predicted molar refractivity (Wildman–Crippen MR) is 113 cm³/mol. The van der Waals surface area contributed by atoms with Gasteiger partial charge in [-0.2, -0.15) is 5.26 Å². The van der Waals surface area contributed by atoms with Crippen LogP contribution < -0.4 is 5.32 Å². The minimum Gasteiger partial charge on any atom is -0.332 e. The molecule has 0 radical (unpaired) electrons. The first kappa shape index (κ1) is 22.2. The van der Waals surface area contributed by atoms with Crippen molar-refractivity contribution in [1.29, 1.82) is 5.26 Å². The van der Waals surface area contributed by atoms with Crippen molar-refractivity contribution in [1.82, 2.24) is 9.80 Å². The molecule has 0 aliphatic carbocycles. The van der Waals surface area contributed by atoms with E-state index in [0.29, 0.717) is 5.69 Å². The number of hydrogen-bond donors (Lipinski definition) is 1. The molecule has 2 unspecified atom stereocenters. The minimum absolute atomic E-state index is 0.0599. The number of carbonyl (C=O) groups is 3. The van der Waals surface area contributed by atoms with Gasteiger partial charge in [0, 0.05) is 19.3 Å². The molecule has 7 nitrogen and oxygen atoms in total. The maximum Gasteiger partial charge on any atom is 0.255 e. The Morgan fingerprint density at radius 2 is 1.94 bits per heavy atom. The number of halogens is 2. The van der Waals surface area contributed by atoms with Crippen LogP contribution in [-0.4, -0.2) is 53.7 Å². The Hall–Kier alpha value is -3.44. The van der Waals surface area contributed by atoms with Crippen molar-refractivity contribution in [2.24, 2.45) is 5.92 Å². The van der Waals surface area contributed by atoms with Gasteiger partial charge in [-0.05, 0) is 30.7 Å². The van der Waals surface area contributed by atoms with Gasteiger partial charge in [-0.1, -0.05) is 35.9 Å². The van der Waals surface area contributed by atoms with Crippen LogP contribution in [0.3, 0.4) is 0 Å². The highest BCUT2D eigenvalue weighted by atomic mass is 35.5. The Labute approximate surface area is 184 Å². The number of nitrogens with zero attached hydrogens (tertiary/aromatic N) is 3. The van der Waals surface area contributed by atoms with Crippen LogP contribution in [-0.2, 0) is 9.59 Å². The average molecular weight is 443 g/mol. The number of amides is 3. The molecule has 1 N–H and O–H groups in total. The molecule has 1 fully saturated rings. The van der Waals surface area contributed by atoms with E-state index in [1.165, 1.54) is 24.1 Å². The summed E-state index contributed by atoms with van der Waals surface area (Å²) in [6.07, 6.45) is 0.203. The number of benzene rings is 2. The second-order valence-electron chi connectivity index (χ2n) is 7.24. The standard InChI is InChI=1S/C22H20ClFN4O3/c1-27(22(31)17-8-5-9-18(24)20(17)23)13-19(29)28-12-14(10-16(28)11-25)21(30)26-15-6-3-2-4-7-15/h2-9,14,16H,10,12-13H2,1H3,(H,26,30). The van der Waals surface area contributed by atoms with Crippen molar-refractivity contribution in [3.63, 3.8) is 0 Å². The molecule has 2 aromatic rings. The topological polar surface area (TPSA) is 93.5 Å². The Balaban J connectivity index is 1.65. The summed E-state index contributed by atoms with van der Waals surface area (Å²) in [5.41, 5.74) is 0.568. The van der Waals surface area contributed by atoms with Gasteiger partial charge in [-0.15, -0.1) is 0 Å². The predicted octanol–water partition coefficient (Wildman–Crippen LogP) is 2.93.